The first kappa shape index (κ1) is 68.9. The maximum Gasteiger partial charge on any atom is 0.220 e. The first-order valence-corrected chi connectivity index (χ1v) is 30.1. The summed E-state index contributed by atoms with van der Waals surface area (Å²) in [6, 6.07) is -0.861. The molecule has 0 radical (unpaired) electrons. The molecule has 1 aliphatic rings. The molecule has 7 unspecified atom stereocenters. The molecule has 424 valence electrons. The third-order valence-electron chi connectivity index (χ3n) is 13.6. The molecule has 0 aromatic carbocycles. The van der Waals surface area contributed by atoms with Gasteiger partial charge in [0.1, 0.15) is 24.4 Å². The van der Waals surface area contributed by atoms with Gasteiger partial charge < -0.3 is 40.3 Å². The molecule has 0 bridgehead atoms. The van der Waals surface area contributed by atoms with Gasteiger partial charge in [-0.25, -0.2) is 0 Å². The molecule has 1 saturated heterocycles. The van der Waals surface area contributed by atoms with E-state index in [0.717, 1.165) is 77.0 Å². The Morgan fingerprint density at radius 2 is 0.851 bits per heavy atom. The van der Waals surface area contributed by atoms with Crippen molar-refractivity contribution in [3.05, 3.63) is 109 Å². The highest BCUT2D eigenvalue weighted by Gasteiger charge is 2.44. The Hall–Kier alpha value is -3.15. The van der Waals surface area contributed by atoms with Crippen LogP contribution in [0.25, 0.3) is 0 Å². The molecular weight excluding hydrogens is 923 g/mol. The summed E-state index contributed by atoms with van der Waals surface area (Å²) in [7, 11) is 0. The van der Waals surface area contributed by atoms with Gasteiger partial charge in [-0.05, 0) is 96.3 Å². The molecule has 7 atom stereocenters. The van der Waals surface area contributed by atoms with Crippen molar-refractivity contribution in [3.8, 4) is 0 Å². The lowest BCUT2D eigenvalue weighted by Crippen LogP contribution is -2.60. The fraction of sp³-hybridized carbons (Fsp3) is 0.708. The van der Waals surface area contributed by atoms with Crippen LogP contribution in [-0.2, 0) is 14.3 Å². The van der Waals surface area contributed by atoms with Crippen LogP contribution >= 0.6 is 0 Å². The summed E-state index contributed by atoms with van der Waals surface area (Å²) in [5.74, 6) is -0.236. The first-order valence-electron chi connectivity index (χ1n) is 30.1. The molecule has 0 spiro atoms. The number of carbonyl (C=O) groups excluding carboxylic acids is 1. The molecule has 74 heavy (non-hydrogen) atoms. The maximum absolute atomic E-state index is 13.0. The van der Waals surface area contributed by atoms with Crippen LogP contribution < -0.4 is 5.32 Å². The molecule has 1 heterocycles. The zero-order valence-corrected chi connectivity index (χ0v) is 47.1. The van der Waals surface area contributed by atoms with Crippen molar-refractivity contribution in [2.45, 2.75) is 281 Å². The summed E-state index contributed by atoms with van der Waals surface area (Å²) >= 11 is 0. The minimum absolute atomic E-state index is 0.231. The van der Waals surface area contributed by atoms with Crippen molar-refractivity contribution in [1.29, 1.82) is 0 Å². The van der Waals surface area contributed by atoms with Crippen LogP contribution in [0.5, 0.6) is 0 Å². The number of allylic oxidation sites excluding steroid dienone is 17. The largest absolute Gasteiger partial charge is 0.394 e. The zero-order valence-electron chi connectivity index (χ0n) is 47.1. The molecule has 0 aromatic heterocycles. The van der Waals surface area contributed by atoms with Gasteiger partial charge in [0.2, 0.25) is 5.91 Å². The van der Waals surface area contributed by atoms with Crippen LogP contribution in [0.3, 0.4) is 0 Å². The number of rotatable bonds is 50. The van der Waals surface area contributed by atoms with Gasteiger partial charge in [0.15, 0.2) is 6.29 Å². The van der Waals surface area contributed by atoms with Gasteiger partial charge in [0, 0.05) is 6.42 Å². The van der Waals surface area contributed by atoms with Gasteiger partial charge in [-0.15, -0.1) is 0 Å². The van der Waals surface area contributed by atoms with Gasteiger partial charge in [-0.1, -0.05) is 245 Å². The number of aliphatic hydroxyl groups is 5. The number of aliphatic hydroxyl groups excluding tert-OH is 5. The lowest BCUT2D eigenvalue weighted by Gasteiger charge is -2.40. The van der Waals surface area contributed by atoms with Crippen LogP contribution in [0.1, 0.15) is 239 Å². The Labute approximate surface area is 453 Å². The van der Waals surface area contributed by atoms with Crippen LogP contribution in [-0.4, -0.2) is 87.5 Å². The lowest BCUT2D eigenvalue weighted by molar-refractivity contribution is -0.302. The molecule has 0 aliphatic carbocycles. The lowest BCUT2D eigenvalue weighted by atomic mass is 9.99. The van der Waals surface area contributed by atoms with E-state index in [1.54, 1.807) is 6.08 Å². The minimum Gasteiger partial charge on any atom is -0.394 e. The molecule has 0 aromatic rings. The topological polar surface area (TPSA) is 149 Å². The first-order chi connectivity index (χ1) is 36.3. The van der Waals surface area contributed by atoms with Crippen molar-refractivity contribution in [2.75, 3.05) is 13.2 Å². The zero-order chi connectivity index (χ0) is 53.6. The highest BCUT2D eigenvalue weighted by molar-refractivity contribution is 5.76. The van der Waals surface area contributed by atoms with Gasteiger partial charge in [-0.2, -0.15) is 0 Å². The van der Waals surface area contributed by atoms with Crippen LogP contribution in [0.2, 0.25) is 0 Å². The molecule has 9 nitrogen and oxygen atoms in total. The van der Waals surface area contributed by atoms with E-state index in [1.807, 2.05) is 6.08 Å². The quantitative estimate of drug-likeness (QED) is 0.0261. The van der Waals surface area contributed by atoms with Crippen molar-refractivity contribution in [2.24, 2.45) is 0 Å². The second-order valence-corrected chi connectivity index (χ2v) is 20.4. The molecule has 0 saturated carbocycles. The van der Waals surface area contributed by atoms with Crippen molar-refractivity contribution < 1.29 is 39.8 Å². The summed E-state index contributed by atoms with van der Waals surface area (Å²) < 4.78 is 11.2. The number of carbonyl (C=O) groups is 1. The highest BCUT2D eigenvalue weighted by Crippen LogP contribution is 2.23. The van der Waals surface area contributed by atoms with E-state index in [4.69, 9.17) is 9.47 Å². The molecule has 6 N–H and O–H groups in total. The third kappa shape index (κ3) is 42.0. The van der Waals surface area contributed by atoms with Gasteiger partial charge in [-0.3, -0.25) is 4.79 Å². The summed E-state index contributed by atoms with van der Waals surface area (Å²) in [6.45, 7) is 3.62. The van der Waals surface area contributed by atoms with Crippen LogP contribution in [0.15, 0.2) is 109 Å². The van der Waals surface area contributed by atoms with Gasteiger partial charge in [0.05, 0.1) is 25.4 Å². The molecule has 1 amide bonds. The smallest absolute Gasteiger partial charge is 0.220 e. The number of nitrogens with one attached hydrogen (secondary N) is 1. The summed E-state index contributed by atoms with van der Waals surface area (Å²) in [5, 5.41) is 54.5. The van der Waals surface area contributed by atoms with E-state index >= 15 is 0 Å². The second-order valence-electron chi connectivity index (χ2n) is 20.4. The maximum atomic E-state index is 13.0. The monoisotopic (exact) mass is 1030 g/mol. The van der Waals surface area contributed by atoms with E-state index in [1.165, 1.54) is 128 Å². The number of ether oxygens (including phenoxy) is 2. The predicted octanol–water partition coefficient (Wildman–Crippen LogP) is 15.3. The second kappa shape index (κ2) is 53.3. The summed E-state index contributed by atoms with van der Waals surface area (Å²) in [6.07, 6.45) is 71.7. The Morgan fingerprint density at radius 3 is 1.30 bits per heavy atom. The highest BCUT2D eigenvalue weighted by atomic mass is 16.7. The van der Waals surface area contributed by atoms with Gasteiger partial charge in [0.25, 0.3) is 0 Å². The van der Waals surface area contributed by atoms with Crippen LogP contribution in [0.4, 0.5) is 0 Å². The Morgan fingerprint density at radius 1 is 0.473 bits per heavy atom. The molecule has 9 heteroatoms. The Bertz CT molecular complexity index is 1530. The molecule has 1 fully saturated rings. The van der Waals surface area contributed by atoms with Crippen molar-refractivity contribution in [1.82, 2.24) is 5.32 Å². The van der Waals surface area contributed by atoms with Crippen LogP contribution in [0, 0.1) is 0 Å². The van der Waals surface area contributed by atoms with Gasteiger partial charge >= 0.3 is 0 Å². The molecule has 1 aliphatic heterocycles. The van der Waals surface area contributed by atoms with E-state index < -0.39 is 49.5 Å². The van der Waals surface area contributed by atoms with E-state index in [-0.39, 0.29) is 18.9 Å². The fourth-order valence-corrected chi connectivity index (χ4v) is 8.84. The standard InChI is InChI=1S/C65H111NO8/c1-3-5-7-9-11-13-15-17-19-21-23-25-26-27-28-29-30-31-32-33-35-36-38-40-42-44-46-48-50-52-54-59(68)58(57-73-65-64(72)63(71)62(70)60(56-67)74-65)66-61(69)55-53-51-49-47-45-43-41-39-37-34-24-22-20-18-16-14-12-10-8-6-4-2/h6,8,12,14,18,20,24,34,36,38-39,41,44-47,52,54,58-60,62-65,67-68,70-72H,3-5,7,9-11,13,15-17,19,21-23,25-33,35,37,40,42-43,48-51,53,55-57H2,1-2H3,(H,66,69)/b8-6-,14-12-,20-18-,34-24-,38-36+,41-39-,46-44+,47-45-,54-52+. The average Bonchev–Trinajstić information content (AvgIpc) is 3.40. The normalized spacial score (nSPS) is 19.8. The van der Waals surface area contributed by atoms with E-state index in [9.17, 15) is 30.3 Å². The van der Waals surface area contributed by atoms with Crippen molar-refractivity contribution in [3.63, 3.8) is 0 Å². The van der Waals surface area contributed by atoms with Crippen molar-refractivity contribution >= 4 is 5.91 Å². The number of amides is 1. The third-order valence-corrected chi connectivity index (χ3v) is 13.6. The summed E-state index contributed by atoms with van der Waals surface area (Å²) in [5.41, 5.74) is 0. The average molecular weight is 1030 g/mol. The van der Waals surface area contributed by atoms with E-state index in [2.05, 4.69) is 116 Å². The van der Waals surface area contributed by atoms with E-state index in [0.29, 0.717) is 12.8 Å². The predicted molar refractivity (Wildman–Crippen MR) is 313 cm³/mol. The molecular formula is C65H111NO8. The minimum atomic E-state index is -1.59. The number of unbranched alkanes of at least 4 members (excludes halogenated alkanes) is 24. The number of hydrogen-bond donors (Lipinski definition) is 6. The number of hydrogen-bond acceptors (Lipinski definition) is 8. The SMILES string of the molecule is CC/C=C\C/C=C\C/C=C\C/C=C\C/C=C\C/C=C\CCCCC(=O)NC(COC1OC(CO)C(O)C(O)C1O)C(O)/C=C/CC/C=C/CC/C=C/CCCCCCCCCCCCCCCCCCCCCC. The fourth-order valence-electron chi connectivity index (χ4n) is 8.84. The Balaban J connectivity index is 2.28. The summed E-state index contributed by atoms with van der Waals surface area (Å²) in [4.78, 5) is 13.0. The Kier molecular flexibility index (Phi) is 49.6. The molecule has 1 rings (SSSR count).